The number of halogens is 1. The van der Waals surface area contributed by atoms with Gasteiger partial charge in [-0.15, -0.1) is 0 Å². The quantitative estimate of drug-likeness (QED) is 0.721. The van der Waals surface area contributed by atoms with Crippen molar-refractivity contribution >= 4 is 15.9 Å². The van der Waals surface area contributed by atoms with Gasteiger partial charge in [0.15, 0.2) is 0 Å². The van der Waals surface area contributed by atoms with Crippen molar-refractivity contribution in [3.63, 3.8) is 0 Å². The van der Waals surface area contributed by atoms with E-state index in [9.17, 15) is 0 Å². The molecule has 5 nitrogen and oxygen atoms in total. The van der Waals surface area contributed by atoms with Crippen LogP contribution in [0.15, 0.2) is 51.6 Å². The number of aromatic nitrogens is 3. The van der Waals surface area contributed by atoms with Crippen LogP contribution >= 0.6 is 15.9 Å². The third kappa shape index (κ3) is 2.44. The van der Waals surface area contributed by atoms with Crippen molar-refractivity contribution in [3.05, 3.63) is 52.6 Å². The summed E-state index contributed by atoms with van der Waals surface area (Å²) in [7, 11) is 0. The second-order valence-corrected chi connectivity index (χ2v) is 4.89. The Hall–Kier alpha value is -2.52. The van der Waals surface area contributed by atoms with E-state index in [1.54, 1.807) is 12.1 Å². The van der Waals surface area contributed by atoms with Crippen molar-refractivity contribution in [3.8, 4) is 29.0 Å². The molecule has 1 aromatic carbocycles. The lowest BCUT2D eigenvalue weighted by atomic mass is 10.2. The Morgan fingerprint density at radius 2 is 1.90 bits per heavy atom. The van der Waals surface area contributed by atoms with Crippen molar-refractivity contribution in [1.29, 1.82) is 5.26 Å². The smallest absolute Gasteiger partial charge is 0.276 e. The van der Waals surface area contributed by atoms with Gasteiger partial charge in [-0.05, 0) is 36.4 Å². The zero-order valence-corrected chi connectivity index (χ0v) is 11.7. The molecule has 0 aliphatic carbocycles. The van der Waals surface area contributed by atoms with Crippen LogP contribution < -0.4 is 0 Å². The fraction of sp³-hybridized carbons (Fsp3) is 0. The molecular weight excluding hydrogens is 320 g/mol. The van der Waals surface area contributed by atoms with Crippen LogP contribution in [-0.2, 0) is 0 Å². The van der Waals surface area contributed by atoms with Crippen molar-refractivity contribution in [2.24, 2.45) is 0 Å². The highest BCUT2D eigenvalue weighted by Crippen LogP contribution is 2.22. The Labute approximate surface area is 123 Å². The minimum atomic E-state index is 0.326. The number of rotatable bonds is 2. The van der Waals surface area contributed by atoms with Gasteiger partial charge in [0.05, 0.1) is 5.56 Å². The number of pyridine rings is 1. The third-order valence-electron chi connectivity index (χ3n) is 2.64. The maximum Gasteiger partial charge on any atom is 0.276 e. The normalized spacial score (nSPS) is 10.2. The molecule has 0 aliphatic heterocycles. The van der Waals surface area contributed by atoms with E-state index in [4.69, 9.17) is 9.78 Å². The molecule has 0 saturated carbocycles. The van der Waals surface area contributed by atoms with Gasteiger partial charge in [0.2, 0.25) is 5.82 Å². The Morgan fingerprint density at radius 3 is 2.55 bits per heavy atom. The zero-order valence-electron chi connectivity index (χ0n) is 10.1. The van der Waals surface area contributed by atoms with Gasteiger partial charge in [0.1, 0.15) is 11.8 Å². The minimum absolute atomic E-state index is 0.326. The predicted molar refractivity (Wildman–Crippen MR) is 75.4 cm³/mol. The highest BCUT2D eigenvalue weighted by atomic mass is 79.9. The summed E-state index contributed by atoms with van der Waals surface area (Å²) in [4.78, 5) is 8.41. The number of nitriles is 1. The van der Waals surface area contributed by atoms with Gasteiger partial charge >= 0.3 is 0 Å². The maximum absolute atomic E-state index is 8.73. The molecule has 0 saturated heterocycles. The fourth-order valence-electron chi connectivity index (χ4n) is 1.63. The molecule has 6 heteroatoms. The summed E-state index contributed by atoms with van der Waals surface area (Å²) < 4.78 is 6.18. The molecular formula is C14H7BrN4O. The van der Waals surface area contributed by atoms with E-state index in [1.807, 2.05) is 30.3 Å². The number of nitrogens with zero attached hydrogens (tertiary/aromatic N) is 4. The Bertz CT molecular complexity index is 772. The SMILES string of the molecule is N#Cc1ccc(-c2nc(-c3ccc(Br)cc3)no2)nc1. The van der Waals surface area contributed by atoms with Crippen molar-refractivity contribution in [2.75, 3.05) is 0 Å². The van der Waals surface area contributed by atoms with Crippen LogP contribution in [0.5, 0.6) is 0 Å². The second kappa shape index (κ2) is 5.23. The van der Waals surface area contributed by atoms with Gasteiger partial charge in [-0.3, -0.25) is 0 Å². The van der Waals surface area contributed by atoms with Crippen LogP contribution in [0.25, 0.3) is 23.0 Å². The van der Waals surface area contributed by atoms with Crippen molar-refractivity contribution in [1.82, 2.24) is 15.1 Å². The van der Waals surface area contributed by atoms with Crippen LogP contribution in [0.2, 0.25) is 0 Å². The van der Waals surface area contributed by atoms with Crippen LogP contribution in [0.4, 0.5) is 0 Å². The van der Waals surface area contributed by atoms with E-state index in [2.05, 4.69) is 31.1 Å². The van der Waals surface area contributed by atoms with Crippen molar-refractivity contribution in [2.45, 2.75) is 0 Å². The molecule has 3 rings (SSSR count). The number of hydrogen-bond acceptors (Lipinski definition) is 5. The Kier molecular flexibility index (Phi) is 3.27. The molecule has 2 heterocycles. The third-order valence-corrected chi connectivity index (χ3v) is 3.17. The number of benzene rings is 1. The lowest BCUT2D eigenvalue weighted by Crippen LogP contribution is -1.85. The zero-order chi connectivity index (χ0) is 13.9. The molecule has 0 bridgehead atoms. The summed E-state index contributed by atoms with van der Waals surface area (Å²) >= 11 is 3.37. The van der Waals surface area contributed by atoms with Gasteiger partial charge < -0.3 is 4.52 Å². The van der Waals surface area contributed by atoms with Gasteiger partial charge in [-0.1, -0.05) is 21.1 Å². The Balaban J connectivity index is 1.93. The van der Waals surface area contributed by atoms with E-state index >= 15 is 0 Å². The van der Waals surface area contributed by atoms with E-state index in [0.29, 0.717) is 23.0 Å². The lowest BCUT2D eigenvalue weighted by molar-refractivity contribution is 0.431. The van der Waals surface area contributed by atoms with Crippen LogP contribution in [0, 0.1) is 11.3 Å². The average Bonchev–Trinajstić information content (AvgIpc) is 2.98. The highest BCUT2D eigenvalue weighted by Gasteiger charge is 2.11. The predicted octanol–water partition coefficient (Wildman–Crippen LogP) is 3.43. The van der Waals surface area contributed by atoms with Crippen molar-refractivity contribution < 1.29 is 4.52 Å². The van der Waals surface area contributed by atoms with Gasteiger partial charge in [-0.2, -0.15) is 10.2 Å². The maximum atomic E-state index is 8.73. The first-order valence-electron chi connectivity index (χ1n) is 5.72. The molecule has 96 valence electrons. The standard InChI is InChI=1S/C14H7BrN4O/c15-11-4-2-10(3-5-11)13-18-14(20-19-13)12-6-1-9(7-16)8-17-12/h1-6,8H. The van der Waals surface area contributed by atoms with Crippen LogP contribution in [0.1, 0.15) is 5.56 Å². The summed E-state index contributed by atoms with van der Waals surface area (Å²) in [6.45, 7) is 0. The molecule has 0 unspecified atom stereocenters. The molecule has 3 aromatic rings. The molecule has 0 N–H and O–H groups in total. The van der Waals surface area contributed by atoms with E-state index < -0.39 is 0 Å². The van der Waals surface area contributed by atoms with Gasteiger partial charge in [-0.25, -0.2) is 4.98 Å². The monoisotopic (exact) mass is 326 g/mol. The fourth-order valence-corrected chi connectivity index (χ4v) is 1.89. The first-order chi connectivity index (χ1) is 9.76. The summed E-state index contributed by atoms with van der Waals surface area (Å²) in [5, 5.41) is 12.7. The molecule has 0 atom stereocenters. The molecule has 0 aliphatic rings. The highest BCUT2D eigenvalue weighted by molar-refractivity contribution is 9.10. The molecule has 0 radical (unpaired) electrons. The first-order valence-corrected chi connectivity index (χ1v) is 6.52. The molecule has 0 spiro atoms. The molecule has 0 fully saturated rings. The summed E-state index contributed by atoms with van der Waals surface area (Å²) in [5.41, 5.74) is 1.89. The molecule has 2 aromatic heterocycles. The lowest BCUT2D eigenvalue weighted by Gasteiger charge is -1.94. The first kappa shape index (κ1) is 12.5. The van der Waals surface area contributed by atoms with Crippen LogP contribution in [0.3, 0.4) is 0 Å². The average molecular weight is 327 g/mol. The van der Waals surface area contributed by atoms with E-state index in [1.165, 1.54) is 6.20 Å². The van der Waals surface area contributed by atoms with E-state index in [0.717, 1.165) is 10.0 Å². The summed E-state index contributed by atoms with van der Waals surface area (Å²) in [6.07, 6.45) is 1.47. The topological polar surface area (TPSA) is 75.6 Å². The summed E-state index contributed by atoms with van der Waals surface area (Å²) in [6, 6.07) is 12.9. The largest absolute Gasteiger partial charge is 0.332 e. The Morgan fingerprint density at radius 1 is 1.10 bits per heavy atom. The van der Waals surface area contributed by atoms with Gasteiger partial charge in [0, 0.05) is 16.2 Å². The molecule has 20 heavy (non-hydrogen) atoms. The molecule has 0 amide bonds. The second-order valence-electron chi connectivity index (χ2n) is 3.97. The van der Waals surface area contributed by atoms with E-state index in [-0.39, 0.29) is 0 Å². The van der Waals surface area contributed by atoms with Crippen LogP contribution in [-0.4, -0.2) is 15.1 Å². The van der Waals surface area contributed by atoms with Gasteiger partial charge in [0.25, 0.3) is 5.89 Å². The summed E-state index contributed by atoms with van der Waals surface area (Å²) in [5.74, 6) is 0.825. The minimum Gasteiger partial charge on any atom is -0.332 e. The number of hydrogen-bond donors (Lipinski definition) is 0.